The van der Waals surface area contributed by atoms with Gasteiger partial charge in [0, 0.05) is 13.0 Å². The number of amides is 1. The topological polar surface area (TPSA) is 84.9 Å². The lowest BCUT2D eigenvalue weighted by Gasteiger charge is -2.15. The van der Waals surface area contributed by atoms with Crippen LogP contribution < -0.4 is 5.32 Å². The number of aliphatic hydroxyl groups is 1. The lowest BCUT2D eigenvalue weighted by Crippen LogP contribution is -2.42. The Balaban J connectivity index is 4.20. The van der Waals surface area contributed by atoms with Crippen LogP contribution in [0.5, 0.6) is 0 Å². The third-order valence-electron chi connectivity index (χ3n) is 1.67. The Bertz CT molecular complexity index is 277. The van der Waals surface area contributed by atoms with Crippen molar-refractivity contribution in [2.45, 2.75) is 12.5 Å². The van der Waals surface area contributed by atoms with E-state index in [1.54, 1.807) is 0 Å². The summed E-state index contributed by atoms with van der Waals surface area (Å²) >= 11 is 0. The third kappa shape index (κ3) is 7.13. The number of carbonyl (C=O) groups excluding carboxylic acids is 2. The zero-order valence-corrected chi connectivity index (χ0v) is 9.55. The van der Waals surface area contributed by atoms with E-state index in [-0.39, 0.29) is 26.2 Å². The average Bonchev–Trinajstić information content (AvgIpc) is 2.32. The Hall–Kier alpha value is -1.82. The van der Waals surface area contributed by atoms with Gasteiger partial charge >= 0.3 is 12.1 Å². The molecule has 17 heavy (non-hydrogen) atoms. The van der Waals surface area contributed by atoms with Crippen LogP contribution in [0.4, 0.5) is 4.79 Å². The van der Waals surface area contributed by atoms with Crippen LogP contribution in [-0.4, -0.2) is 43.0 Å². The van der Waals surface area contributed by atoms with Crippen molar-refractivity contribution in [1.82, 2.24) is 5.32 Å². The minimum Gasteiger partial charge on any atom is -0.460 e. The molecule has 0 aliphatic carbocycles. The maximum atomic E-state index is 11.4. The Labute approximate surface area is 99.9 Å². The van der Waals surface area contributed by atoms with E-state index in [0.717, 1.165) is 0 Å². The van der Waals surface area contributed by atoms with Crippen molar-refractivity contribution in [3.8, 4) is 0 Å². The van der Waals surface area contributed by atoms with Crippen LogP contribution in [0.1, 0.15) is 6.42 Å². The van der Waals surface area contributed by atoms with Gasteiger partial charge in [0.1, 0.15) is 19.3 Å². The lowest BCUT2D eigenvalue weighted by atomic mass is 10.2. The molecule has 0 fully saturated rings. The third-order valence-corrected chi connectivity index (χ3v) is 1.67. The van der Waals surface area contributed by atoms with Crippen molar-refractivity contribution in [2.75, 3.05) is 19.8 Å². The fourth-order valence-electron chi connectivity index (χ4n) is 0.938. The van der Waals surface area contributed by atoms with Gasteiger partial charge in [0.15, 0.2) is 0 Å². The van der Waals surface area contributed by atoms with E-state index in [9.17, 15) is 9.59 Å². The number of esters is 1. The maximum absolute atomic E-state index is 11.4. The van der Waals surface area contributed by atoms with Crippen LogP contribution >= 0.6 is 0 Å². The minimum atomic E-state index is -0.933. The van der Waals surface area contributed by atoms with Gasteiger partial charge in [0.05, 0.1) is 0 Å². The second-order valence-electron chi connectivity index (χ2n) is 3.02. The first-order valence-electron chi connectivity index (χ1n) is 5.08. The first-order valence-corrected chi connectivity index (χ1v) is 5.08. The first-order chi connectivity index (χ1) is 8.15. The van der Waals surface area contributed by atoms with Crippen molar-refractivity contribution < 1.29 is 24.2 Å². The number of rotatable bonds is 8. The van der Waals surface area contributed by atoms with Gasteiger partial charge < -0.3 is 19.9 Å². The van der Waals surface area contributed by atoms with Crippen LogP contribution in [0.2, 0.25) is 0 Å². The number of hydrogen-bond donors (Lipinski definition) is 2. The molecule has 0 aromatic rings. The smallest absolute Gasteiger partial charge is 0.408 e. The lowest BCUT2D eigenvalue weighted by molar-refractivity contribution is -0.145. The Morgan fingerprint density at radius 2 is 1.82 bits per heavy atom. The molecule has 0 saturated heterocycles. The SMILES string of the molecule is C=CCOC(=O)N[C@@H](CCO)C(=O)OCC=C. The van der Waals surface area contributed by atoms with E-state index in [0.29, 0.717) is 0 Å². The van der Waals surface area contributed by atoms with E-state index in [1.807, 2.05) is 0 Å². The molecule has 6 nitrogen and oxygen atoms in total. The molecule has 0 radical (unpaired) electrons. The van der Waals surface area contributed by atoms with E-state index in [1.165, 1.54) is 12.2 Å². The molecular formula is C11H17NO5. The summed E-state index contributed by atoms with van der Waals surface area (Å²) in [6.45, 7) is 6.60. The summed E-state index contributed by atoms with van der Waals surface area (Å²) in [5.74, 6) is -0.644. The molecule has 0 aliphatic heterocycles. The predicted molar refractivity (Wildman–Crippen MR) is 61.3 cm³/mol. The summed E-state index contributed by atoms with van der Waals surface area (Å²) in [7, 11) is 0. The van der Waals surface area contributed by atoms with Crippen LogP contribution in [0.3, 0.4) is 0 Å². The molecule has 0 aliphatic rings. The van der Waals surface area contributed by atoms with Gasteiger partial charge in [-0.3, -0.25) is 0 Å². The van der Waals surface area contributed by atoms with Crippen molar-refractivity contribution in [3.05, 3.63) is 25.3 Å². The Morgan fingerprint density at radius 3 is 2.35 bits per heavy atom. The van der Waals surface area contributed by atoms with Gasteiger partial charge in [-0.05, 0) is 0 Å². The van der Waals surface area contributed by atoms with Gasteiger partial charge in [-0.15, -0.1) is 0 Å². The zero-order chi connectivity index (χ0) is 13.1. The number of carbonyl (C=O) groups is 2. The Morgan fingerprint density at radius 1 is 1.24 bits per heavy atom. The molecule has 0 aromatic carbocycles. The maximum Gasteiger partial charge on any atom is 0.408 e. The predicted octanol–water partition coefficient (Wildman–Crippen LogP) is 0.379. The number of alkyl carbamates (subject to hydrolysis) is 1. The van der Waals surface area contributed by atoms with Gasteiger partial charge in [0.2, 0.25) is 0 Å². The molecule has 0 bridgehead atoms. The molecule has 0 saturated carbocycles. The molecule has 0 rings (SSSR count). The summed E-state index contributed by atoms with van der Waals surface area (Å²) in [6.07, 6.45) is 2.10. The molecule has 2 N–H and O–H groups in total. The van der Waals surface area contributed by atoms with Gasteiger partial charge in [-0.1, -0.05) is 25.3 Å². The highest BCUT2D eigenvalue weighted by Gasteiger charge is 2.21. The fraction of sp³-hybridized carbons (Fsp3) is 0.455. The van der Waals surface area contributed by atoms with Gasteiger partial charge in [0.25, 0.3) is 0 Å². The minimum absolute atomic E-state index is 0.0411. The average molecular weight is 243 g/mol. The molecule has 0 spiro atoms. The normalized spacial score (nSPS) is 11.1. The molecule has 1 amide bonds. The molecule has 1 atom stereocenters. The highest BCUT2D eigenvalue weighted by Crippen LogP contribution is 1.97. The summed E-state index contributed by atoms with van der Waals surface area (Å²) < 4.78 is 9.40. The van der Waals surface area contributed by atoms with Crippen molar-refractivity contribution in [2.24, 2.45) is 0 Å². The van der Waals surface area contributed by atoms with Gasteiger partial charge in [-0.2, -0.15) is 0 Å². The van der Waals surface area contributed by atoms with Crippen LogP contribution in [0.15, 0.2) is 25.3 Å². The number of aliphatic hydroxyl groups excluding tert-OH is 1. The van der Waals surface area contributed by atoms with Crippen LogP contribution in [0, 0.1) is 0 Å². The monoisotopic (exact) mass is 243 g/mol. The molecule has 96 valence electrons. The molecule has 0 heterocycles. The largest absolute Gasteiger partial charge is 0.460 e. The molecular weight excluding hydrogens is 226 g/mol. The van der Waals surface area contributed by atoms with Gasteiger partial charge in [-0.25, -0.2) is 9.59 Å². The summed E-state index contributed by atoms with van der Waals surface area (Å²) in [5.41, 5.74) is 0. The Kier molecular flexibility index (Phi) is 8.40. The summed E-state index contributed by atoms with van der Waals surface area (Å²) in [4.78, 5) is 22.6. The highest BCUT2D eigenvalue weighted by atomic mass is 16.6. The van der Waals surface area contributed by atoms with E-state index in [2.05, 4.69) is 23.2 Å². The second-order valence-corrected chi connectivity index (χ2v) is 3.02. The van der Waals surface area contributed by atoms with Crippen LogP contribution in [0.25, 0.3) is 0 Å². The van der Waals surface area contributed by atoms with Crippen molar-refractivity contribution in [1.29, 1.82) is 0 Å². The molecule has 0 unspecified atom stereocenters. The van der Waals surface area contributed by atoms with Crippen molar-refractivity contribution in [3.63, 3.8) is 0 Å². The van der Waals surface area contributed by atoms with E-state index < -0.39 is 18.1 Å². The fourth-order valence-corrected chi connectivity index (χ4v) is 0.938. The number of ether oxygens (including phenoxy) is 2. The standard InChI is InChI=1S/C11H17NO5/c1-3-7-16-10(14)9(5-6-13)12-11(15)17-8-4-2/h3-4,9,13H,1-2,5-8H2,(H,12,15)/t9-/m0/s1. The number of hydrogen-bond acceptors (Lipinski definition) is 5. The molecule has 6 heteroatoms. The second kappa shape index (κ2) is 9.41. The number of nitrogens with one attached hydrogen (secondary N) is 1. The summed E-state index contributed by atoms with van der Waals surface area (Å²) in [5, 5.41) is 11.0. The molecule has 0 aromatic heterocycles. The zero-order valence-electron chi connectivity index (χ0n) is 9.55. The quantitative estimate of drug-likeness (QED) is 0.475. The van der Waals surface area contributed by atoms with Crippen LogP contribution in [-0.2, 0) is 14.3 Å². The highest BCUT2D eigenvalue weighted by molar-refractivity contribution is 5.81. The van der Waals surface area contributed by atoms with E-state index in [4.69, 9.17) is 9.84 Å². The summed E-state index contributed by atoms with van der Waals surface area (Å²) in [6, 6.07) is -0.933. The van der Waals surface area contributed by atoms with Crippen molar-refractivity contribution >= 4 is 12.1 Å². The van der Waals surface area contributed by atoms with E-state index >= 15 is 0 Å². The first kappa shape index (κ1) is 15.2.